The van der Waals surface area contributed by atoms with Crippen LogP contribution in [0.1, 0.15) is 132 Å². The number of hydrogen-bond acceptors (Lipinski definition) is 17. The zero-order chi connectivity index (χ0) is 57.3. The summed E-state index contributed by atoms with van der Waals surface area (Å²) < 4.78 is 52.9. The van der Waals surface area contributed by atoms with Gasteiger partial charge in [0, 0.05) is 68.4 Å². The van der Waals surface area contributed by atoms with Crippen molar-refractivity contribution in [2.24, 2.45) is 40.2 Å². The van der Waals surface area contributed by atoms with Gasteiger partial charge in [0.05, 0.1) is 59.9 Å². The van der Waals surface area contributed by atoms with E-state index in [1.165, 1.54) is 14.0 Å². The molecular formula is C58H93FN4O14. The van der Waals surface area contributed by atoms with Gasteiger partial charge < -0.3 is 69.0 Å². The monoisotopic (exact) mass is 1090 g/mol. The Kier molecular flexibility index (Phi) is 23.0. The van der Waals surface area contributed by atoms with Crippen molar-refractivity contribution in [1.82, 2.24) is 15.2 Å². The first-order valence-electron chi connectivity index (χ1n) is 27.7. The van der Waals surface area contributed by atoms with Crippen molar-refractivity contribution in [3.8, 4) is 11.1 Å². The summed E-state index contributed by atoms with van der Waals surface area (Å²) in [5.74, 6) is -4.74. The van der Waals surface area contributed by atoms with E-state index in [4.69, 9.17) is 33.3 Å². The lowest BCUT2D eigenvalue weighted by molar-refractivity contribution is -0.304. The fraction of sp³-hybridized carbons (Fsp3) is 0.759. The summed E-state index contributed by atoms with van der Waals surface area (Å²) in [5.41, 5.74) is -0.357. The number of esters is 1. The maximum Gasteiger partial charge on any atom is 0.309 e. The third-order valence-electron chi connectivity index (χ3n) is 17.5. The fourth-order valence-corrected chi connectivity index (χ4v) is 12.3. The summed E-state index contributed by atoms with van der Waals surface area (Å²) in [5, 5.41) is 66.5. The van der Waals surface area contributed by atoms with Gasteiger partial charge in [-0.05, 0) is 102 Å². The molecule has 20 atom stereocenters. The Morgan fingerprint density at radius 3 is 2.21 bits per heavy atom. The number of aliphatic hydroxyl groups is 5. The molecule has 6 N–H and O–H groups in total. The standard InChI is InChI=1S/C58H93FN4O14/c1-16-45-58(12,70)51(67)37(8)48(62-73-31-71-14)32(3)27-57(11,72-15)53(35(6)47(36(7)54(69)76-45)44-28-56(10,17-2)52(68)38(9)75-44)77-55-50(66)43(26-34(5)74-55)63(13)25-24-46(64)61-42(29-59)49(65)40-22-20-39(21-23-40)41-19-18-33(4)60-30-41/h18-23,30,32,34-38,42-45,47,49-53,55,65-68,70H,16-17,24-29,31H2,1-15H3,(H,61,64)/b62-48-/t32-,34-,35+,36-,37+,38+,42-,43+,44?,45-,47+,49-,50-,51-,52+,53-,55+,56-,57-,58-/m1/s1. The van der Waals surface area contributed by atoms with Gasteiger partial charge >= 0.3 is 5.97 Å². The number of benzene rings is 1. The molecule has 77 heavy (non-hydrogen) atoms. The molecule has 0 aliphatic carbocycles. The van der Waals surface area contributed by atoms with E-state index in [-0.39, 0.29) is 32.6 Å². The van der Waals surface area contributed by atoms with E-state index in [0.717, 1.165) is 16.8 Å². The van der Waals surface area contributed by atoms with E-state index in [1.807, 2.05) is 84.6 Å². The van der Waals surface area contributed by atoms with Gasteiger partial charge in [-0.3, -0.25) is 14.6 Å². The second kappa shape index (κ2) is 27.6. The van der Waals surface area contributed by atoms with Crippen molar-refractivity contribution < 1.29 is 72.8 Å². The van der Waals surface area contributed by atoms with Crippen molar-refractivity contribution in [2.75, 3.05) is 41.3 Å². The Morgan fingerprint density at radius 2 is 1.62 bits per heavy atom. The van der Waals surface area contributed by atoms with Gasteiger partial charge in [-0.2, -0.15) is 0 Å². The minimum atomic E-state index is -1.94. The highest BCUT2D eigenvalue weighted by atomic mass is 19.1. The van der Waals surface area contributed by atoms with Crippen LogP contribution in [0, 0.1) is 41.9 Å². The summed E-state index contributed by atoms with van der Waals surface area (Å²) >= 11 is 0. The number of hydrogen-bond donors (Lipinski definition) is 6. The number of nitrogens with zero attached hydrogens (tertiary/aromatic N) is 3. The van der Waals surface area contributed by atoms with E-state index in [1.54, 1.807) is 53.3 Å². The predicted octanol–water partition coefficient (Wildman–Crippen LogP) is 6.45. The highest BCUT2D eigenvalue weighted by Gasteiger charge is 2.55. The Bertz CT molecular complexity index is 2210. The average Bonchev–Trinajstić information content (AvgIpc) is 3.40. The molecule has 2 aromatic rings. The smallest absolute Gasteiger partial charge is 0.309 e. The topological polar surface area (TPSA) is 240 Å². The molecule has 3 aliphatic rings. The maximum absolute atomic E-state index is 14.8. The number of nitrogens with one attached hydrogen (secondary N) is 1. The van der Waals surface area contributed by atoms with Crippen LogP contribution in [-0.2, 0) is 42.8 Å². The highest BCUT2D eigenvalue weighted by Crippen LogP contribution is 2.48. The molecule has 436 valence electrons. The number of oxime groups is 1. The number of amides is 1. The van der Waals surface area contributed by atoms with Gasteiger partial charge in [-0.25, -0.2) is 4.39 Å². The van der Waals surface area contributed by atoms with Crippen molar-refractivity contribution in [3.05, 3.63) is 53.9 Å². The van der Waals surface area contributed by atoms with Crippen LogP contribution in [0.5, 0.6) is 0 Å². The summed E-state index contributed by atoms with van der Waals surface area (Å²) in [6.07, 6.45) is -6.62. The molecule has 1 unspecified atom stereocenters. The van der Waals surface area contributed by atoms with Crippen LogP contribution in [0.25, 0.3) is 11.1 Å². The van der Waals surface area contributed by atoms with Crippen LogP contribution in [0.4, 0.5) is 4.39 Å². The van der Waals surface area contributed by atoms with Crippen LogP contribution in [0.2, 0.25) is 0 Å². The number of likely N-dealkylation sites (N-methyl/N-ethyl adjacent to an activating group) is 1. The summed E-state index contributed by atoms with van der Waals surface area (Å²) in [6.45, 7) is 21.0. The lowest BCUT2D eigenvalue weighted by Gasteiger charge is -2.52. The normalized spacial score (nSPS) is 38.1. The largest absolute Gasteiger partial charge is 0.459 e. The molecule has 3 fully saturated rings. The number of alkyl halides is 1. The average molecular weight is 1090 g/mol. The number of pyridine rings is 1. The Labute approximate surface area is 456 Å². The number of carbonyl (C=O) groups excluding carboxylic acids is 2. The lowest BCUT2D eigenvalue weighted by Crippen LogP contribution is -2.61. The summed E-state index contributed by atoms with van der Waals surface area (Å²) in [4.78, 5) is 40.1. The van der Waals surface area contributed by atoms with Crippen molar-refractivity contribution >= 4 is 17.6 Å². The van der Waals surface area contributed by atoms with Gasteiger partial charge in [-0.1, -0.05) is 84.0 Å². The molecular weight excluding hydrogens is 996 g/mol. The molecule has 0 radical (unpaired) electrons. The Hall–Kier alpha value is -3.73. The first-order chi connectivity index (χ1) is 36.2. The van der Waals surface area contributed by atoms with E-state index < -0.39 is 138 Å². The molecule has 3 aliphatic heterocycles. The zero-order valence-corrected chi connectivity index (χ0v) is 48.4. The van der Waals surface area contributed by atoms with Gasteiger partial charge in [0.15, 0.2) is 6.29 Å². The van der Waals surface area contributed by atoms with Crippen LogP contribution < -0.4 is 5.32 Å². The quantitative estimate of drug-likeness (QED) is 0.0407. The lowest BCUT2D eigenvalue weighted by atomic mass is 9.65. The van der Waals surface area contributed by atoms with Crippen LogP contribution in [-0.4, -0.2) is 173 Å². The first kappa shape index (κ1) is 64.1. The van der Waals surface area contributed by atoms with E-state index in [9.17, 15) is 39.5 Å². The fourth-order valence-electron chi connectivity index (χ4n) is 12.3. The second-order valence-corrected chi connectivity index (χ2v) is 23.2. The molecule has 0 bridgehead atoms. The third kappa shape index (κ3) is 15.0. The van der Waals surface area contributed by atoms with Gasteiger partial charge in [0.2, 0.25) is 12.7 Å². The molecule has 0 spiro atoms. The summed E-state index contributed by atoms with van der Waals surface area (Å²) in [6, 6.07) is 9.08. The number of aliphatic hydroxyl groups excluding tert-OH is 4. The SMILES string of the molecule is CC[C@H]1OC(=O)[C@H](C)[C@@H](C2C[C@@](C)(CC)[C@@H](O)[C@H](C)O2)[C@H](C)[C@@H](O[C@@H]2O[C@H](C)C[C@H](N(C)CCC(=O)N[C@H](CF)[C@H](O)c3ccc(-c4ccc(C)nc4)cc3)[C@H]2O)[C@](C)(OC)C[C@@H](C)/C(=N/OCOC)[C@H](C)[C@@H](O)[C@]1(C)O. The van der Waals surface area contributed by atoms with Crippen LogP contribution >= 0.6 is 0 Å². The third-order valence-corrected chi connectivity index (χ3v) is 17.5. The molecule has 0 saturated carbocycles. The van der Waals surface area contributed by atoms with Crippen molar-refractivity contribution in [1.29, 1.82) is 0 Å². The molecule has 19 heteroatoms. The molecule has 3 saturated heterocycles. The molecule has 4 heterocycles. The minimum absolute atomic E-state index is 0.0807. The first-order valence-corrected chi connectivity index (χ1v) is 27.7. The van der Waals surface area contributed by atoms with Gasteiger partial charge in [0.25, 0.3) is 0 Å². The number of halogens is 1. The molecule has 5 rings (SSSR count). The predicted molar refractivity (Wildman–Crippen MR) is 289 cm³/mol. The van der Waals surface area contributed by atoms with E-state index in [2.05, 4.69) is 15.5 Å². The Balaban J connectivity index is 1.47. The summed E-state index contributed by atoms with van der Waals surface area (Å²) in [7, 11) is 4.79. The number of cyclic esters (lactones) is 1. The molecule has 1 aromatic heterocycles. The van der Waals surface area contributed by atoms with E-state index >= 15 is 0 Å². The van der Waals surface area contributed by atoms with Crippen LogP contribution in [0.3, 0.4) is 0 Å². The van der Waals surface area contributed by atoms with E-state index in [0.29, 0.717) is 30.5 Å². The molecule has 1 amide bonds. The number of aromatic nitrogens is 1. The number of methoxy groups -OCH3 is 2. The van der Waals surface area contributed by atoms with Crippen LogP contribution in [0.15, 0.2) is 47.8 Å². The number of rotatable bonds is 18. The van der Waals surface area contributed by atoms with Gasteiger partial charge in [-0.15, -0.1) is 0 Å². The van der Waals surface area contributed by atoms with Crippen molar-refractivity contribution in [2.45, 2.75) is 206 Å². The number of ether oxygens (including phenoxy) is 6. The highest BCUT2D eigenvalue weighted by molar-refractivity contribution is 5.89. The second-order valence-electron chi connectivity index (χ2n) is 23.2. The zero-order valence-electron chi connectivity index (χ0n) is 48.4. The molecule has 1 aromatic carbocycles. The number of carbonyl (C=O) groups is 2. The maximum atomic E-state index is 14.8. The molecule has 18 nitrogen and oxygen atoms in total. The van der Waals surface area contributed by atoms with Gasteiger partial charge in [0.1, 0.15) is 30.6 Å². The minimum Gasteiger partial charge on any atom is -0.459 e. The van der Waals surface area contributed by atoms with Crippen molar-refractivity contribution in [3.63, 3.8) is 0 Å². The Morgan fingerprint density at radius 1 is 0.961 bits per heavy atom. The number of aryl methyl sites for hydroxylation is 1.